The van der Waals surface area contributed by atoms with Gasteiger partial charge in [-0.05, 0) is 41.5 Å². The molecular formula is C47H29N5S. The molecule has 6 heteroatoms. The quantitative estimate of drug-likeness (QED) is 0.173. The van der Waals surface area contributed by atoms with Crippen molar-refractivity contribution in [1.29, 1.82) is 0 Å². The average molecular weight is 696 g/mol. The molecule has 53 heavy (non-hydrogen) atoms. The van der Waals surface area contributed by atoms with E-state index in [0.717, 1.165) is 49.8 Å². The molecule has 0 spiro atoms. The molecule has 3 aromatic heterocycles. The molecule has 0 saturated heterocycles. The Hall–Kier alpha value is -6.89. The molecule has 248 valence electrons. The minimum atomic E-state index is 0.643. The van der Waals surface area contributed by atoms with Crippen LogP contribution in [0.3, 0.4) is 0 Å². The highest BCUT2D eigenvalue weighted by atomic mass is 32.1. The lowest BCUT2D eigenvalue weighted by Gasteiger charge is -2.10. The van der Waals surface area contributed by atoms with Gasteiger partial charge in [0.25, 0.3) is 0 Å². The Morgan fingerprint density at radius 2 is 0.774 bits per heavy atom. The number of hydrogen-bond donors (Lipinski definition) is 0. The third-order valence-corrected chi connectivity index (χ3v) is 10.7. The van der Waals surface area contributed by atoms with Gasteiger partial charge in [-0.15, -0.1) is 11.3 Å². The summed E-state index contributed by atoms with van der Waals surface area (Å²) in [5.41, 5.74) is 9.10. The Bertz CT molecular complexity index is 2870. The summed E-state index contributed by atoms with van der Waals surface area (Å²) >= 11 is 1.77. The number of nitrogens with zero attached hydrogens (tertiary/aromatic N) is 5. The fourth-order valence-corrected chi connectivity index (χ4v) is 8.00. The Kier molecular flexibility index (Phi) is 7.59. The second-order valence-electron chi connectivity index (χ2n) is 12.9. The molecule has 0 radical (unpaired) electrons. The lowest BCUT2D eigenvalue weighted by Crippen LogP contribution is -2.00. The van der Waals surface area contributed by atoms with Crippen LogP contribution in [0.1, 0.15) is 0 Å². The third-order valence-electron chi connectivity index (χ3n) is 9.56. The van der Waals surface area contributed by atoms with Gasteiger partial charge in [0, 0.05) is 53.4 Å². The van der Waals surface area contributed by atoms with Gasteiger partial charge in [-0.25, -0.2) is 24.9 Å². The van der Waals surface area contributed by atoms with E-state index in [4.69, 9.17) is 24.9 Å². The van der Waals surface area contributed by atoms with Gasteiger partial charge >= 0.3 is 0 Å². The van der Waals surface area contributed by atoms with Crippen LogP contribution < -0.4 is 0 Å². The predicted octanol–water partition coefficient (Wildman–Crippen LogP) is 12.2. The van der Waals surface area contributed by atoms with Crippen molar-refractivity contribution < 1.29 is 0 Å². The minimum Gasteiger partial charge on any atom is -0.228 e. The van der Waals surface area contributed by atoms with Crippen LogP contribution >= 0.6 is 11.3 Å². The molecule has 10 rings (SSSR count). The number of rotatable bonds is 6. The van der Waals surface area contributed by atoms with Crippen molar-refractivity contribution >= 4 is 42.4 Å². The van der Waals surface area contributed by atoms with E-state index in [2.05, 4.69) is 97.1 Å². The molecule has 3 heterocycles. The van der Waals surface area contributed by atoms with Crippen molar-refractivity contribution in [3.63, 3.8) is 0 Å². The molecule has 0 aliphatic carbocycles. The van der Waals surface area contributed by atoms with Crippen LogP contribution in [0.4, 0.5) is 0 Å². The van der Waals surface area contributed by atoms with Crippen LogP contribution in [-0.4, -0.2) is 24.9 Å². The molecule has 0 aliphatic rings. The normalized spacial score (nSPS) is 11.4. The van der Waals surface area contributed by atoms with Crippen molar-refractivity contribution in [1.82, 2.24) is 24.9 Å². The van der Waals surface area contributed by atoms with Crippen LogP contribution in [0.5, 0.6) is 0 Å². The first-order valence-electron chi connectivity index (χ1n) is 17.5. The molecular weight excluding hydrogens is 667 g/mol. The first-order chi connectivity index (χ1) is 26.2. The number of aromatic nitrogens is 5. The summed E-state index contributed by atoms with van der Waals surface area (Å²) < 4.78 is 2.37. The topological polar surface area (TPSA) is 64.5 Å². The van der Waals surface area contributed by atoms with Crippen LogP contribution in [0.2, 0.25) is 0 Å². The number of para-hydroxylation sites is 1. The molecule has 7 aromatic carbocycles. The summed E-state index contributed by atoms with van der Waals surface area (Å²) in [6.07, 6.45) is 0. The molecule has 0 atom stereocenters. The molecule has 0 bridgehead atoms. The molecule has 0 saturated carbocycles. The Balaban J connectivity index is 1.05. The van der Waals surface area contributed by atoms with Crippen molar-refractivity contribution in [2.75, 3.05) is 0 Å². The van der Waals surface area contributed by atoms with E-state index in [0.29, 0.717) is 23.3 Å². The summed E-state index contributed by atoms with van der Waals surface area (Å²) in [5, 5.41) is 3.37. The van der Waals surface area contributed by atoms with Crippen molar-refractivity contribution in [2.24, 2.45) is 0 Å². The summed E-state index contributed by atoms with van der Waals surface area (Å²) in [6, 6.07) is 60.5. The van der Waals surface area contributed by atoms with E-state index in [1.54, 1.807) is 11.3 Å². The molecule has 0 aliphatic heterocycles. The maximum absolute atomic E-state index is 5.20. The number of thiophene rings is 1. The van der Waals surface area contributed by atoms with E-state index in [9.17, 15) is 0 Å². The first kappa shape index (κ1) is 30.9. The van der Waals surface area contributed by atoms with Crippen LogP contribution in [-0.2, 0) is 0 Å². The molecule has 5 nitrogen and oxygen atoms in total. The fraction of sp³-hybridized carbons (Fsp3) is 0. The smallest absolute Gasteiger partial charge is 0.164 e. The van der Waals surface area contributed by atoms with E-state index in [-0.39, 0.29) is 0 Å². The second-order valence-corrected chi connectivity index (χ2v) is 14.0. The lowest BCUT2D eigenvalue weighted by molar-refractivity contribution is 1.07. The maximum atomic E-state index is 5.20. The number of benzene rings is 7. The molecule has 0 unspecified atom stereocenters. The average Bonchev–Trinajstić information content (AvgIpc) is 3.61. The van der Waals surface area contributed by atoms with Gasteiger partial charge < -0.3 is 0 Å². The SMILES string of the molecule is c1ccc(-c2ccc(-c3nc(-c4ccc5c(c4)sc4ccc(-c6nc(-c7ccccc7)nc(-c7ccccc7)n6)cc45)nc4ccccc34)cc2)cc1. The highest BCUT2D eigenvalue weighted by molar-refractivity contribution is 7.25. The lowest BCUT2D eigenvalue weighted by atomic mass is 10.0. The van der Waals surface area contributed by atoms with Gasteiger partial charge in [-0.3, -0.25) is 0 Å². The Labute approximate surface area is 310 Å². The van der Waals surface area contributed by atoms with E-state index >= 15 is 0 Å². The molecule has 0 amide bonds. The first-order valence-corrected chi connectivity index (χ1v) is 18.3. The van der Waals surface area contributed by atoms with E-state index < -0.39 is 0 Å². The minimum absolute atomic E-state index is 0.643. The highest BCUT2D eigenvalue weighted by Gasteiger charge is 2.16. The highest BCUT2D eigenvalue weighted by Crippen LogP contribution is 2.39. The number of fused-ring (bicyclic) bond motifs is 4. The summed E-state index contributed by atoms with van der Waals surface area (Å²) in [5.74, 6) is 2.65. The van der Waals surface area contributed by atoms with E-state index in [1.807, 2.05) is 78.9 Å². The van der Waals surface area contributed by atoms with Crippen LogP contribution in [0, 0.1) is 0 Å². The van der Waals surface area contributed by atoms with Gasteiger partial charge in [-0.1, -0.05) is 146 Å². The fourth-order valence-electron chi connectivity index (χ4n) is 6.87. The monoisotopic (exact) mass is 695 g/mol. The third kappa shape index (κ3) is 5.81. The summed E-state index contributed by atoms with van der Waals surface area (Å²) in [7, 11) is 0. The zero-order chi connectivity index (χ0) is 35.1. The van der Waals surface area contributed by atoms with Gasteiger partial charge in [0.15, 0.2) is 23.3 Å². The Morgan fingerprint density at radius 1 is 0.283 bits per heavy atom. The van der Waals surface area contributed by atoms with Crippen molar-refractivity contribution in [2.45, 2.75) is 0 Å². The molecule has 0 fully saturated rings. The van der Waals surface area contributed by atoms with Crippen LogP contribution in [0.25, 0.3) is 99.0 Å². The maximum Gasteiger partial charge on any atom is 0.164 e. The van der Waals surface area contributed by atoms with Crippen molar-refractivity contribution in [3.05, 3.63) is 176 Å². The molecule has 0 N–H and O–H groups in total. The summed E-state index contributed by atoms with van der Waals surface area (Å²) in [4.78, 5) is 25.0. The second kappa shape index (κ2) is 13.0. The van der Waals surface area contributed by atoms with Gasteiger partial charge in [-0.2, -0.15) is 0 Å². The summed E-state index contributed by atoms with van der Waals surface area (Å²) in [6.45, 7) is 0. The largest absolute Gasteiger partial charge is 0.228 e. The van der Waals surface area contributed by atoms with Crippen molar-refractivity contribution in [3.8, 4) is 67.9 Å². The van der Waals surface area contributed by atoms with Gasteiger partial charge in [0.2, 0.25) is 0 Å². The predicted molar refractivity (Wildman–Crippen MR) is 218 cm³/mol. The molecule has 10 aromatic rings. The standard InChI is InChI=1S/C47H29N5S/c1-4-12-30(13-5-1)31-20-22-32(23-21-31)43-38-18-10-11-19-40(38)48-46(49-43)36-24-26-37-39-28-35(25-27-41(39)53-42(37)29-36)47-51-44(33-14-6-2-7-15-33)50-45(52-47)34-16-8-3-9-17-34/h1-29H. The van der Waals surface area contributed by atoms with Crippen LogP contribution in [0.15, 0.2) is 176 Å². The van der Waals surface area contributed by atoms with Gasteiger partial charge in [0.1, 0.15) is 0 Å². The zero-order valence-corrected chi connectivity index (χ0v) is 29.2. The Morgan fingerprint density at radius 3 is 1.45 bits per heavy atom. The van der Waals surface area contributed by atoms with E-state index in [1.165, 1.54) is 25.9 Å². The van der Waals surface area contributed by atoms with Gasteiger partial charge in [0.05, 0.1) is 11.2 Å². The zero-order valence-electron chi connectivity index (χ0n) is 28.4. The number of hydrogen-bond acceptors (Lipinski definition) is 6.